The van der Waals surface area contributed by atoms with E-state index in [2.05, 4.69) is 52.4 Å². The van der Waals surface area contributed by atoms with Gasteiger partial charge >= 0.3 is 0 Å². The first-order chi connectivity index (χ1) is 10.7. The average molecular weight is 299 g/mol. The van der Waals surface area contributed by atoms with Crippen molar-refractivity contribution in [2.75, 3.05) is 37.6 Å². The third-order valence-corrected chi connectivity index (χ3v) is 5.75. The number of carbonyl (C=O) groups is 1. The molecule has 1 N–H and O–H groups in total. The number of carbonyl (C=O) groups excluding carboxylic acids is 1. The molecule has 1 aliphatic heterocycles. The van der Waals surface area contributed by atoms with Crippen molar-refractivity contribution in [3.05, 3.63) is 30.3 Å². The van der Waals surface area contributed by atoms with Crippen molar-refractivity contribution in [2.24, 2.45) is 11.3 Å². The summed E-state index contributed by atoms with van der Waals surface area (Å²) >= 11 is 0. The van der Waals surface area contributed by atoms with E-state index < -0.39 is 0 Å². The third-order valence-electron chi connectivity index (χ3n) is 5.75. The van der Waals surface area contributed by atoms with E-state index in [1.54, 1.807) is 0 Å². The predicted octanol–water partition coefficient (Wildman–Crippen LogP) is 1.72. The summed E-state index contributed by atoms with van der Waals surface area (Å²) in [6.45, 7) is 7.29. The first-order valence-corrected chi connectivity index (χ1v) is 8.51. The molecule has 1 aromatic rings. The molecule has 1 unspecified atom stereocenters. The van der Waals surface area contributed by atoms with Crippen LogP contribution in [-0.4, -0.2) is 49.6 Å². The van der Waals surface area contributed by atoms with Crippen molar-refractivity contribution >= 4 is 11.6 Å². The summed E-state index contributed by atoms with van der Waals surface area (Å²) in [6.07, 6.45) is 2.28. The minimum absolute atomic E-state index is 0.103. The van der Waals surface area contributed by atoms with Gasteiger partial charge in [-0.05, 0) is 37.8 Å². The summed E-state index contributed by atoms with van der Waals surface area (Å²) in [6, 6.07) is 11.0. The van der Waals surface area contributed by atoms with Crippen LogP contribution in [-0.2, 0) is 4.79 Å². The lowest BCUT2D eigenvalue weighted by molar-refractivity contribution is -0.124. The fourth-order valence-electron chi connectivity index (χ4n) is 3.68. The number of hydrogen-bond acceptors (Lipinski definition) is 3. The Labute approximate surface area is 132 Å². The summed E-state index contributed by atoms with van der Waals surface area (Å²) in [5, 5.41) is 3.17. The lowest BCUT2D eigenvalue weighted by Gasteiger charge is -2.39. The van der Waals surface area contributed by atoms with Gasteiger partial charge in [0.15, 0.2) is 0 Å². The van der Waals surface area contributed by atoms with Gasteiger partial charge in [0.1, 0.15) is 0 Å². The molecular weight excluding hydrogens is 274 g/mol. The summed E-state index contributed by atoms with van der Waals surface area (Å²) in [7, 11) is 0. The van der Waals surface area contributed by atoms with Crippen LogP contribution in [0.15, 0.2) is 30.3 Å². The van der Waals surface area contributed by atoms with Crippen LogP contribution in [0, 0.1) is 11.3 Å². The molecule has 1 aromatic carbocycles. The minimum atomic E-state index is 0.103. The van der Waals surface area contributed by atoms with Gasteiger partial charge in [0.25, 0.3) is 0 Å². The van der Waals surface area contributed by atoms with E-state index in [1.807, 2.05) is 0 Å². The summed E-state index contributed by atoms with van der Waals surface area (Å²) in [4.78, 5) is 17.0. The van der Waals surface area contributed by atoms with Crippen LogP contribution < -0.4 is 10.2 Å². The van der Waals surface area contributed by atoms with Crippen LogP contribution in [0.25, 0.3) is 0 Å². The molecule has 1 saturated heterocycles. The molecule has 2 aliphatic carbocycles. The Morgan fingerprint density at radius 1 is 1.23 bits per heavy atom. The van der Waals surface area contributed by atoms with Crippen molar-refractivity contribution in [1.82, 2.24) is 10.2 Å². The van der Waals surface area contributed by atoms with Crippen molar-refractivity contribution in [1.29, 1.82) is 0 Å². The lowest BCUT2D eigenvalue weighted by Crippen LogP contribution is -2.52. The number of hydrogen-bond donors (Lipinski definition) is 1. The first kappa shape index (κ1) is 14.1. The summed E-state index contributed by atoms with van der Waals surface area (Å²) in [5.74, 6) is 1.05. The van der Waals surface area contributed by atoms with Gasteiger partial charge < -0.3 is 10.2 Å². The number of nitrogens with one attached hydrogen (secondary N) is 1. The highest BCUT2D eigenvalue weighted by atomic mass is 16.2. The monoisotopic (exact) mass is 299 g/mol. The van der Waals surface area contributed by atoms with E-state index in [0.717, 1.165) is 51.5 Å². The van der Waals surface area contributed by atoms with Gasteiger partial charge in [0, 0.05) is 44.5 Å². The number of nitrogens with zero attached hydrogens (tertiary/aromatic N) is 2. The maximum atomic E-state index is 12.1. The second-order valence-electron chi connectivity index (χ2n) is 7.18. The molecule has 3 fully saturated rings. The molecule has 3 aliphatic rings. The molecule has 0 aromatic heterocycles. The maximum Gasteiger partial charge on any atom is 0.226 e. The van der Waals surface area contributed by atoms with E-state index in [0.29, 0.717) is 11.9 Å². The average Bonchev–Trinajstić information content (AvgIpc) is 3.43. The van der Waals surface area contributed by atoms with Gasteiger partial charge in [-0.25, -0.2) is 0 Å². The molecule has 118 valence electrons. The minimum Gasteiger partial charge on any atom is -0.369 e. The normalized spacial score (nSPS) is 31.3. The quantitative estimate of drug-likeness (QED) is 0.899. The smallest absolute Gasteiger partial charge is 0.226 e. The van der Waals surface area contributed by atoms with E-state index in [9.17, 15) is 4.79 Å². The van der Waals surface area contributed by atoms with Crippen LogP contribution in [0.2, 0.25) is 0 Å². The Morgan fingerprint density at radius 2 is 1.86 bits per heavy atom. The van der Waals surface area contributed by atoms with E-state index in [4.69, 9.17) is 0 Å². The Morgan fingerprint density at radius 3 is 2.45 bits per heavy atom. The number of benzene rings is 1. The zero-order valence-electron chi connectivity index (χ0n) is 13.3. The Bertz CT molecular complexity index is 545. The Kier molecular flexibility index (Phi) is 3.37. The van der Waals surface area contributed by atoms with E-state index in [-0.39, 0.29) is 5.41 Å². The standard InChI is InChI=1S/C18H25N3O/c1-14(13-19-17(22)18-11-15(18)12-18)20-7-9-21(10-8-20)16-5-3-2-4-6-16/h2-6,14-15H,7-13H2,1H3,(H,19,22). The molecule has 22 heavy (non-hydrogen) atoms. The number of para-hydroxylation sites is 1. The molecule has 4 nitrogen and oxygen atoms in total. The first-order valence-electron chi connectivity index (χ1n) is 8.51. The van der Waals surface area contributed by atoms with Crippen LogP contribution in [0.3, 0.4) is 0 Å². The molecule has 1 amide bonds. The zero-order valence-corrected chi connectivity index (χ0v) is 13.3. The largest absolute Gasteiger partial charge is 0.369 e. The van der Waals surface area contributed by atoms with Gasteiger partial charge in [-0.3, -0.25) is 9.69 Å². The number of piperazine rings is 1. The predicted molar refractivity (Wildman–Crippen MR) is 87.9 cm³/mol. The van der Waals surface area contributed by atoms with E-state index >= 15 is 0 Å². The molecule has 1 atom stereocenters. The summed E-state index contributed by atoms with van der Waals surface area (Å²) < 4.78 is 0. The van der Waals surface area contributed by atoms with Crippen LogP contribution >= 0.6 is 0 Å². The van der Waals surface area contributed by atoms with Crippen LogP contribution in [0.1, 0.15) is 19.8 Å². The summed E-state index contributed by atoms with van der Waals surface area (Å²) in [5.41, 5.74) is 1.42. The zero-order chi connectivity index (χ0) is 15.2. The topological polar surface area (TPSA) is 35.6 Å². The fourth-order valence-corrected chi connectivity index (χ4v) is 3.68. The molecule has 0 bridgehead atoms. The fraction of sp³-hybridized carbons (Fsp3) is 0.611. The number of anilines is 1. The van der Waals surface area contributed by atoms with Gasteiger partial charge in [0.2, 0.25) is 5.91 Å². The van der Waals surface area contributed by atoms with Gasteiger partial charge in [0.05, 0.1) is 5.41 Å². The Hall–Kier alpha value is -1.55. The van der Waals surface area contributed by atoms with Gasteiger partial charge in [-0.15, -0.1) is 0 Å². The highest BCUT2D eigenvalue weighted by Gasteiger charge is 2.74. The second kappa shape index (κ2) is 5.27. The second-order valence-corrected chi connectivity index (χ2v) is 7.18. The number of fused-ring (bicyclic) bond motifs is 1. The number of amides is 1. The molecule has 1 heterocycles. The van der Waals surface area contributed by atoms with Crippen molar-refractivity contribution in [3.63, 3.8) is 0 Å². The van der Waals surface area contributed by atoms with Crippen molar-refractivity contribution < 1.29 is 4.79 Å². The number of rotatable bonds is 5. The van der Waals surface area contributed by atoms with Crippen LogP contribution in [0.4, 0.5) is 5.69 Å². The molecular formula is C18H25N3O. The molecule has 2 saturated carbocycles. The molecule has 0 radical (unpaired) electrons. The van der Waals surface area contributed by atoms with Crippen molar-refractivity contribution in [2.45, 2.75) is 25.8 Å². The van der Waals surface area contributed by atoms with Gasteiger partial charge in [-0.1, -0.05) is 18.2 Å². The third kappa shape index (κ3) is 2.50. The van der Waals surface area contributed by atoms with Crippen molar-refractivity contribution in [3.8, 4) is 0 Å². The van der Waals surface area contributed by atoms with Gasteiger partial charge in [-0.2, -0.15) is 0 Å². The Balaban J connectivity index is 1.23. The lowest BCUT2D eigenvalue weighted by atomic mass is 10.2. The van der Waals surface area contributed by atoms with E-state index in [1.165, 1.54) is 5.69 Å². The van der Waals surface area contributed by atoms with Crippen LogP contribution in [0.5, 0.6) is 0 Å². The molecule has 0 spiro atoms. The highest BCUT2D eigenvalue weighted by Crippen LogP contribution is 2.75. The molecule has 4 rings (SSSR count). The molecule has 4 heteroatoms. The maximum absolute atomic E-state index is 12.1. The highest BCUT2D eigenvalue weighted by molar-refractivity contribution is 5.90. The SMILES string of the molecule is CC(CNC(=O)C12CC1C2)N1CCN(c2ccccc2)CC1.